The number of nitro benzene ring substituents is 1. The normalized spacial score (nSPS) is 10.7. The van der Waals surface area contributed by atoms with E-state index in [0.717, 1.165) is 22.1 Å². The second-order valence-electron chi connectivity index (χ2n) is 8.05. The number of rotatable bonds is 10. The second-order valence-corrected chi connectivity index (χ2v) is 9.46. The quantitative estimate of drug-likeness (QED) is 0.250. The van der Waals surface area contributed by atoms with Gasteiger partial charge in [-0.05, 0) is 60.2 Å². The van der Waals surface area contributed by atoms with Crippen molar-refractivity contribution in [1.82, 2.24) is 9.80 Å². The Bertz CT molecular complexity index is 1220. The molecule has 0 radical (unpaired) electrons. The molecule has 10 heteroatoms. The van der Waals surface area contributed by atoms with Crippen LogP contribution in [-0.2, 0) is 17.9 Å². The van der Waals surface area contributed by atoms with E-state index in [1.54, 1.807) is 17.0 Å². The molecule has 1 heterocycles. The van der Waals surface area contributed by atoms with Gasteiger partial charge in [-0.25, -0.2) is 4.39 Å². The predicted molar refractivity (Wildman–Crippen MR) is 134 cm³/mol. The molecule has 0 atom stereocenters. The Morgan fingerprint density at radius 1 is 1.09 bits per heavy atom. The van der Waals surface area contributed by atoms with Crippen LogP contribution in [0, 0.1) is 22.9 Å². The zero-order chi connectivity index (χ0) is 25.5. The van der Waals surface area contributed by atoms with Crippen LogP contribution in [0.1, 0.15) is 39.7 Å². The summed E-state index contributed by atoms with van der Waals surface area (Å²) < 4.78 is 13.4. The lowest BCUT2D eigenvalue weighted by atomic mass is 10.1. The minimum absolute atomic E-state index is 0.0681. The van der Waals surface area contributed by atoms with Crippen molar-refractivity contribution < 1.29 is 18.9 Å². The lowest BCUT2D eigenvalue weighted by molar-refractivity contribution is -0.384. The molecule has 184 valence electrons. The van der Waals surface area contributed by atoms with Gasteiger partial charge in [0.15, 0.2) is 0 Å². The lowest BCUT2D eigenvalue weighted by Crippen LogP contribution is -2.42. The van der Waals surface area contributed by atoms with Gasteiger partial charge in [-0.15, -0.1) is 11.3 Å². The van der Waals surface area contributed by atoms with Crippen LogP contribution >= 0.6 is 22.9 Å². The molecule has 0 N–H and O–H groups in total. The number of nitrogens with zero attached hydrogens (tertiary/aromatic N) is 3. The molecule has 0 saturated heterocycles. The second kappa shape index (κ2) is 11.9. The molecule has 7 nitrogen and oxygen atoms in total. The van der Waals surface area contributed by atoms with Gasteiger partial charge >= 0.3 is 0 Å². The summed E-state index contributed by atoms with van der Waals surface area (Å²) in [6, 6.07) is 11.8. The van der Waals surface area contributed by atoms with Gasteiger partial charge in [0.05, 0.1) is 11.5 Å². The zero-order valence-electron chi connectivity index (χ0n) is 19.4. The Morgan fingerprint density at radius 2 is 1.80 bits per heavy atom. The Hall–Kier alpha value is -3.30. The number of nitro groups is 1. The van der Waals surface area contributed by atoms with E-state index in [4.69, 9.17) is 11.6 Å². The molecule has 2 aromatic carbocycles. The van der Waals surface area contributed by atoms with Crippen LogP contribution in [0.15, 0.2) is 53.9 Å². The summed E-state index contributed by atoms with van der Waals surface area (Å²) in [5.41, 5.74) is 1.53. The fraction of sp³-hybridized carbons (Fsp3) is 0.280. The Balaban J connectivity index is 1.85. The molecule has 0 bridgehead atoms. The number of amides is 2. The van der Waals surface area contributed by atoms with E-state index < -0.39 is 10.8 Å². The van der Waals surface area contributed by atoms with Crippen LogP contribution in [0.4, 0.5) is 10.1 Å². The molecule has 3 aromatic rings. The van der Waals surface area contributed by atoms with Gasteiger partial charge in [-0.1, -0.05) is 30.7 Å². The van der Waals surface area contributed by atoms with Crippen molar-refractivity contribution in [3.05, 3.63) is 96.4 Å². The average molecular weight is 518 g/mol. The molecule has 0 spiro atoms. The van der Waals surface area contributed by atoms with Crippen molar-refractivity contribution in [2.45, 2.75) is 33.4 Å². The predicted octanol–water partition coefficient (Wildman–Crippen LogP) is 5.84. The van der Waals surface area contributed by atoms with Crippen molar-refractivity contribution in [2.75, 3.05) is 13.1 Å². The molecule has 0 aliphatic heterocycles. The first-order valence-electron chi connectivity index (χ1n) is 11.0. The summed E-state index contributed by atoms with van der Waals surface area (Å²) in [4.78, 5) is 41.3. The first-order valence-corrected chi connectivity index (χ1v) is 12.2. The van der Waals surface area contributed by atoms with E-state index in [0.29, 0.717) is 19.5 Å². The first-order chi connectivity index (χ1) is 16.7. The van der Waals surface area contributed by atoms with Crippen LogP contribution in [0.3, 0.4) is 0 Å². The number of carbonyl (C=O) groups excluding carboxylic acids is 2. The summed E-state index contributed by atoms with van der Waals surface area (Å²) in [6.07, 6.45) is 0.594. The third-order valence-electron chi connectivity index (χ3n) is 5.44. The fourth-order valence-electron chi connectivity index (χ4n) is 3.54. The van der Waals surface area contributed by atoms with Crippen molar-refractivity contribution in [1.29, 1.82) is 0 Å². The summed E-state index contributed by atoms with van der Waals surface area (Å²) in [7, 11) is 0. The van der Waals surface area contributed by atoms with E-state index in [1.165, 1.54) is 40.5 Å². The average Bonchev–Trinajstić information content (AvgIpc) is 3.23. The highest BCUT2D eigenvalue weighted by molar-refractivity contribution is 7.10. The van der Waals surface area contributed by atoms with Gasteiger partial charge in [0.2, 0.25) is 5.91 Å². The van der Waals surface area contributed by atoms with Crippen LogP contribution in [0.2, 0.25) is 5.02 Å². The highest BCUT2D eigenvalue weighted by Gasteiger charge is 2.25. The van der Waals surface area contributed by atoms with Gasteiger partial charge in [-0.2, -0.15) is 0 Å². The third-order valence-corrected chi connectivity index (χ3v) is 6.77. The first kappa shape index (κ1) is 26.3. The van der Waals surface area contributed by atoms with Crippen molar-refractivity contribution in [3.8, 4) is 0 Å². The summed E-state index contributed by atoms with van der Waals surface area (Å²) in [6.45, 7) is 4.53. The fourth-order valence-corrected chi connectivity index (χ4v) is 4.64. The summed E-state index contributed by atoms with van der Waals surface area (Å²) in [5, 5.41) is 13.1. The number of hydrogen-bond acceptors (Lipinski definition) is 5. The highest BCUT2D eigenvalue weighted by Crippen LogP contribution is 2.26. The Morgan fingerprint density at radius 3 is 2.40 bits per heavy atom. The van der Waals surface area contributed by atoms with Crippen LogP contribution < -0.4 is 0 Å². The molecule has 0 unspecified atom stereocenters. The van der Waals surface area contributed by atoms with Gasteiger partial charge in [-0.3, -0.25) is 19.7 Å². The van der Waals surface area contributed by atoms with Gasteiger partial charge in [0.25, 0.3) is 11.6 Å². The SMILES string of the molecule is CCCN(CC(=O)N(Cc1ccc(F)cc1)Cc1sccc1C)C(=O)c1ccc(Cl)c([N+](=O)[O-])c1. The molecule has 2 amide bonds. The van der Waals surface area contributed by atoms with E-state index in [-0.39, 0.29) is 41.1 Å². The topological polar surface area (TPSA) is 83.8 Å². The maximum absolute atomic E-state index is 13.4. The van der Waals surface area contributed by atoms with Gasteiger partial charge < -0.3 is 9.80 Å². The Labute approximate surface area is 211 Å². The minimum atomic E-state index is -0.651. The van der Waals surface area contributed by atoms with E-state index >= 15 is 0 Å². The standard InChI is InChI=1S/C25H25ClFN3O4S/c1-3-11-28(25(32)19-6-9-21(26)22(13-19)30(33)34)16-24(31)29(15-23-17(2)10-12-35-23)14-18-4-7-20(27)8-5-18/h4-10,12-13H,3,11,14-16H2,1-2H3. The lowest BCUT2D eigenvalue weighted by Gasteiger charge is -2.28. The molecule has 35 heavy (non-hydrogen) atoms. The molecule has 3 rings (SSSR count). The monoisotopic (exact) mass is 517 g/mol. The number of thiophene rings is 1. The maximum Gasteiger partial charge on any atom is 0.288 e. The molecule has 0 aliphatic rings. The van der Waals surface area contributed by atoms with Gasteiger partial charge in [0.1, 0.15) is 17.4 Å². The van der Waals surface area contributed by atoms with Crippen LogP contribution in [0.5, 0.6) is 0 Å². The molecule has 0 aliphatic carbocycles. The van der Waals surface area contributed by atoms with Crippen molar-refractivity contribution >= 4 is 40.4 Å². The largest absolute Gasteiger partial charge is 0.332 e. The summed E-state index contributed by atoms with van der Waals surface area (Å²) >= 11 is 7.42. The number of hydrogen-bond donors (Lipinski definition) is 0. The molecular formula is C25H25ClFN3O4S. The van der Waals surface area contributed by atoms with Gasteiger partial charge in [0, 0.05) is 29.6 Å². The minimum Gasteiger partial charge on any atom is -0.332 e. The molecule has 1 aromatic heterocycles. The number of halogens is 2. The third kappa shape index (κ3) is 6.86. The van der Waals surface area contributed by atoms with E-state index in [9.17, 15) is 24.1 Å². The smallest absolute Gasteiger partial charge is 0.288 e. The maximum atomic E-state index is 13.4. The van der Waals surface area contributed by atoms with Crippen LogP contribution in [-0.4, -0.2) is 39.6 Å². The van der Waals surface area contributed by atoms with Crippen LogP contribution in [0.25, 0.3) is 0 Å². The zero-order valence-corrected chi connectivity index (χ0v) is 20.9. The number of aryl methyl sites for hydroxylation is 1. The highest BCUT2D eigenvalue weighted by atomic mass is 35.5. The molecule has 0 fully saturated rings. The van der Waals surface area contributed by atoms with Crippen molar-refractivity contribution in [2.24, 2.45) is 0 Å². The Kier molecular flexibility index (Phi) is 8.95. The van der Waals surface area contributed by atoms with E-state index in [2.05, 4.69) is 0 Å². The molecular weight excluding hydrogens is 493 g/mol. The number of carbonyl (C=O) groups is 2. The van der Waals surface area contributed by atoms with E-state index in [1.807, 2.05) is 25.3 Å². The molecule has 0 saturated carbocycles. The number of benzene rings is 2. The van der Waals surface area contributed by atoms with Crippen molar-refractivity contribution in [3.63, 3.8) is 0 Å². The summed E-state index contributed by atoms with van der Waals surface area (Å²) in [5.74, 6) is -1.14.